The molecule has 4 aliphatic heterocycles. The Bertz CT molecular complexity index is 2200. The van der Waals surface area contributed by atoms with Gasteiger partial charge in [0, 0.05) is 98.5 Å². The number of halogens is 2. The van der Waals surface area contributed by atoms with Crippen LogP contribution >= 0.6 is 11.6 Å². The van der Waals surface area contributed by atoms with E-state index in [-0.39, 0.29) is 66.8 Å². The van der Waals surface area contributed by atoms with E-state index in [2.05, 4.69) is 59.5 Å². The summed E-state index contributed by atoms with van der Waals surface area (Å²) < 4.78 is 22.6. The number of anilines is 1. The number of rotatable bonds is 9. The lowest BCUT2D eigenvalue weighted by Crippen LogP contribution is -2.74. The summed E-state index contributed by atoms with van der Waals surface area (Å²) >= 11 is 6.26. The van der Waals surface area contributed by atoms with Gasteiger partial charge in [0.1, 0.15) is 35.6 Å². The number of imide groups is 1. The first-order valence-electron chi connectivity index (χ1n) is 20.5. The molecular weight excluding hydrogens is 775 g/mol. The molecule has 0 radical (unpaired) electrons. The molecule has 3 saturated heterocycles. The first kappa shape index (κ1) is 40.7. The Labute approximate surface area is 348 Å². The van der Waals surface area contributed by atoms with Crippen LogP contribution in [-0.4, -0.2) is 95.9 Å². The van der Waals surface area contributed by atoms with E-state index in [0.29, 0.717) is 46.1 Å². The number of nitriles is 1. The Morgan fingerprint density at radius 2 is 1.75 bits per heavy atom. The van der Waals surface area contributed by atoms with E-state index in [1.165, 1.54) is 11.0 Å². The summed E-state index contributed by atoms with van der Waals surface area (Å²) in [5, 5.41) is 18.5. The molecule has 4 fully saturated rings. The molecule has 2 aromatic carbocycles. The summed E-state index contributed by atoms with van der Waals surface area (Å²) in [6, 6.07) is 12.8. The lowest BCUT2D eigenvalue weighted by Gasteiger charge is -2.63. The normalized spacial score (nSPS) is 24.8. The van der Waals surface area contributed by atoms with Gasteiger partial charge in [0.05, 0.1) is 16.1 Å². The van der Waals surface area contributed by atoms with Crippen molar-refractivity contribution in [2.45, 2.75) is 84.2 Å². The van der Waals surface area contributed by atoms with Gasteiger partial charge >= 0.3 is 0 Å². The van der Waals surface area contributed by atoms with E-state index in [9.17, 15) is 24.4 Å². The number of piperazine rings is 1. The van der Waals surface area contributed by atoms with Crippen molar-refractivity contribution in [3.63, 3.8) is 0 Å². The van der Waals surface area contributed by atoms with Gasteiger partial charge in [-0.25, -0.2) is 9.37 Å². The molecule has 15 heteroatoms. The number of nitrogens with one attached hydrogen (secondary N) is 3. The van der Waals surface area contributed by atoms with Gasteiger partial charge in [0.2, 0.25) is 11.8 Å². The molecule has 59 heavy (non-hydrogen) atoms. The fourth-order valence-corrected chi connectivity index (χ4v) is 10.7. The molecule has 4 amide bonds. The summed E-state index contributed by atoms with van der Waals surface area (Å²) in [6.45, 7) is 13.0. The third kappa shape index (κ3) is 7.53. The van der Waals surface area contributed by atoms with E-state index in [4.69, 9.17) is 21.3 Å². The number of amides is 4. The summed E-state index contributed by atoms with van der Waals surface area (Å²) in [6.07, 6.45) is 3.38. The lowest BCUT2D eigenvalue weighted by molar-refractivity contribution is -0.164. The number of fused-ring (bicyclic) bond motifs is 1. The van der Waals surface area contributed by atoms with Gasteiger partial charge < -0.3 is 25.2 Å². The highest BCUT2D eigenvalue weighted by molar-refractivity contribution is 6.31. The van der Waals surface area contributed by atoms with Gasteiger partial charge in [-0.1, -0.05) is 39.3 Å². The molecule has 3 N–H and O–H groups in total. The van der Waals surface area contributed by atoms with Crippen molar-refractivity contribution in [3.05, 3.63) is 87.3 Å². The summed E-state index contributed by atoms with van der Waals surface area (Å²) in [5.41, 5.74) is 1.58. The predicted octanol–water partition coefficient (Wildman–Crippen LogP) is 4.98. The SMILES string of the molecule is CC1(C)[C@H](NC(=O)c2ccc(N3CCC(C(c4cc5c(cc4F)C(=O)N(C4CCC(=O)NC4=O)C5)N4CCNCC4)CC3)nc2)C(C)(C)[C@H]1Oc1ccc(C#N)c(Cl)c1. The third-order valence-electron chi connectivity index (χ3n) is 13.3. The van der Waals surface area contributed by atoms with Crippen molar-refractivity contribution in [2.24, 2.45) is 16.7 Å². The zero-order valence-corrected chi connectivity index (χ0v) is 34.6. The van der Waals surface area contributed by atoms with Crippen LogP contribution < -0.4 is 25.6 Å². The van der Waals surface area contributed by atoms with Gasteiger partial charge in [-0.15, -0.1) is 0 Å². The minimum absolute atomic E-state index is 0.140. The smallest absolute Gasteiger partial charge is 0.255 e. The van der Waals surface area contributed by atoms with Gasteiger partial charge in [-0.2, -0.15) is 5.26 Å². The zero-order valence-electron chi connectivity index (χ0n) is 33.8. The number of nitrogens with zero attached hydrogens (tertiary/aromatic N) is 5. The molecule has 5 aliphatic rings. The maximum atomic E-state index is 16.2. The minimum Gasteiger partial charge on any atom is -0.489 e. The quantitative estimate of drug-likeness (QED) is 0.251. The molecule has 2 atom stereocenters. The maximum Gasteiger partial charge on any atom is 0.255 e. The third-order valence-corrected chi connectivity index (χ3v) is 13.6. The second kappa shape index (κ2) is 15.8. The van der Waals surface area contributed by atoms with Crippen molar-refractivity contribution in [3.8, 4) is 11.8 Å². The molecule has 0 spiro atoms. The predicted molar refractivity (Wildman–Crippen MR) is 218 cm³/mol. The number of piperidine rings is 2. The van der Waals surface area contributed by atoms with Crippen molar-refractivity contribution < 1.29 is 28.3 Å². The summed E-state index contributed by atoms with van der Waals surface area (Å²) in [7, 11) is 0. The van der Waals surface area contributed by atoms with Crippen LogP contribution in [0.3, 0.4) is 0 Å². The first-order chi connectivity index (χ1) is 28.2. The standard InChI is InChI=1S/C44H50ClFN8O5/c1-43(2)41(44(3,4)42(43)59-29-7-5-26(22-47)32(45)20-29)51-38(56)27-6-9-35(49-23-27)52-15-11-25(12-16-52)37(53-17-13-48-14-18-53)31-19-28-24-54(40(58)30(28)21-33(31)46)34-8-10-36(55)50-39(34)57/h5-7,9,19-21,23,25,34,37,41-42,48H,8,10-18,24H2,1-4H3,(H,51,56)(H,50,55,57)/t34?,37?,41-,42-. The molecule has 2 unspecified atom stereocenters. The average molecular weight is 825 g/mol. The highest BCUT2D eigenvalue weighted by atomic mass is 35.5. The Hall–Kier alpha value is -5.10. The largest absolute Gasteiger partial charge is 0.489 e. The number of carbonyl (C=O) groups excluding carboxylic acids is 4. The summed E-state index contributed by atoms with van der Waals surface area (Å²) in [5.74, 6) is -0.379. The van der Waals surface area contributed by atoms with Crippen molar-refractivity contribution >= 4 is 41.0 Å². The van der Waals surface area contributed by atoms with Crippen LogP contribution in [0, 0.1) is 33.9 Å². The van der Waals surface area contributed by atoms with Gasteiger partial charge in [0.25, 0.3) is 11.8 Å². The van der Waals surface area contributed by atoms with Gasteiger partial charge in [0.15, 0.2) is 0 Å². The lowest BCUT2D eigenvalue weighted by atomic mass is 9.49. The maximum absolute atomic E-state index is 16.2. The topological polar surface area (TPSA) is 160 Å². The Morgan fingerprint density at radius 1 is 1.02 bits per heavy atom. The van der Waals surface area contributed by atoms with E-state index in [1.807, 2.05) is 12.1 Å². The van der Waals surface area contributed by atoms with Crippen LogP contribution in [0.4, 0.5) is 10.2 Å². The number of carbonyl (C=O) groups is 4. The van der Waals surface area contributed by atoms with Crippen LogP contribution in [0.15, 0.2) is 48.7 Å². The fourth-order valence-electron chi connectivity index (χ4n) is 10.5. The van der Waals surface area contributed by atoms with Crippen LogP contribution in [0.5, 0.6) is 5.75 Å². The highest BCUT2D eigenvalue weighted by Crippen LogP contribution is 2.55. The van der Waals surface area contributed by atoms with E-state index < -0.39 is 28.6 Å². The highest BCUT2D eigenvalue weighted by Gasteiger charge is 2.64. The molecule has 1 aliphatic carbocycles. The van der Waals surface area contributed by atoms with E-state index in [1.54, 1.807) is 30.5 Å². The fraction of sp³-hybridized carbons (Fsp3) is 0.500. The average Bonchev–Trinajstić information content (AvgIpc) is 3.53. The van der Waals surface area contributed by atoms with Crippen LogP contribution in [-0.2, 0) is 16.1 Å². The number of pyridine rings is 1. The molecule has 1 aromatic heterocycles. The second-order valence-corrected chi connectivity index (χ2v) is 18.1. The molecule has 0 bridgehead atoms. The van der Waals surface area contributed by atoms with Gasteiger partial charge in [-0.05, 0) is 67.1 Å². The van der Waals surface area contributed by atoms with E-state index in [0.717, 1.165) is 44.8 Å². The number of benzene rings is 2. The molecule has 310 valence electrons. The van der Waals surface area contributed by atoms with Crippen molar-refractivity contribution in [1.29, 1.82) is 5.26 Å². The van der Waals surface area contributed by atoms with Crippen molar-refractivity contribution in [1.82, 2.24) is 30.7 Å². The summed E-state index contributed by atoms with van der Waals surface area (Å²) in [4.78, 5) is 62.2. The Kier molecular flexibility index (Phi) is 10.9. The Morgan fingerprint density at radius 3 is 2.39 bits per heavy atom. The second-order valence-electron chi connectivity index (χ2n) is 17.7. The molecule has 1 saturated carbocycles. The number of hydrogen-bond acceptors (Lipinski definition) is 10. The monoisotopic (exact) mass is 824 g/mol. The van der Waals surface area contributed by atoms with E-state index >= 15 is 4.39 Å². The minimum atomic E-state index is -0.762. The number of ether oxygens (including phenoxy) is 1. The molecule has 13 nitrogen and oxygen atoms in total. The molecule has 5 heterocycles. The molecular formula is C44H50ClFN8O5. The van der Waals surface area contributed by atoms with Crippen molar-refractivity contribution in [2.75, 3.05) is 44.2 Å². The number of aromatic nitrogens is 1. The van der Waals surface area contributed by atoms with Crippen LogP contribution in [0.2, 0.25) is 5.02 Å². The van der Waals surface area contributed by atoms with Crippen LogP contribution in [0.25, 0.3) is 0 Å². The Balaban J connectivity index is 0.917. The number of hydrogen-bond donors (Lipinski definition) is 3. The van der Waals surface area contributed by atoms with Gasteiger partial charge in [-0.3, -0.25) is 29.4 Å². The molecule has 8 rings (SSSR count). The first-order valence-corrected chi connectivity index (χ1v) is 20.8. The van der Waals surface area contributed by atoms with Crippen LogP contribution in [0.1, 0.15) is 96.8 Å². The zero-order chi connectivity index (χ0) is 41.8. The molecule has 3 aromatic rings.